The molecule has 2 aliphatic rings. The Kier molecular flexibility index (Phi) is 2.68. The first-order chi connectivity index (χ1) is 7.75. The van der Waals surface area contributed by atoms with Crippen LogP contribution in [0.25, 0.3) is 0 Å². The van der Waals surface area contributed by atoms with Crippen LogP contribution in [0.2, 0.25) is 0 Å². The monoisotopic (exact) mass is 237 g/mol. The lowest BCUT2D eigenvalue weighted by Crippen LogP contribution is -2.43. The number of fused-ring (bicyclic) bond motifs is 1. The summed E-state index contributed by atoms with van der Waals surface area (Å²) in [6.45, 7) is 4.42. The molecule has 0 unspecified atom stereocenters. The molecule has 3 rings (SSSR count). The topological polar surface area (TPSA) is 21.3 Å². The van der Waals surface area contributed by atoms with Crippen LogP contribution in [-0.2, 0) is 12.8 Å². The first-order valence-corrected chi connectivity index (χ1v) is 7.08. The first kappa shape index (κ1) is 10.6. The van der Waals surface area contributed by atoms with Crippen molar-refractivity contribution in [2.24, 2.45) is 0 Å². The van der Waals surface area contributed by atoms with E-state index >= 15 is 0 Å². The van der Waals surface area contributed by atoms with E-state index in [1.54, 1.807) is 4.88 Å². The van der Waals surface area contributed by atoms with E-state index in [4.69, 9.17) is 4.74 Å². The fraction of sp³-hybridized carbons (Fsp3) is 0.692. The van der Waals surface area contributed by atoms with Gasteiger partial charge in [-0.1, -0.05) is 0 Å². The SMILES string of the molecule is CC1(Oc2cc3c(s2)CCC3)CCNCC1. The van der Waals surface area contributed by atoms with Gasteiger partial charge in [0.2, 0.25) is 0 Å². The molecule has 0 bridgehead atoms. The third-order valence-electron chi connectivity index (χ3n) is 3.73. The van der Waals surface area contributed by atoms with Gasteiger partial charge in [0.25, 0.3) is 0 Å². The highest BCUT2D eigenvalue weighted by Gasteiger charge is 2.29. The summed E-state index contributed by atoms with van der Waals surface area (Å²) in [5, 5.41) is 4.54. The Morgan fingerprint density at radius 1 is 1.31 bits per heavy atom. The van der Waals surface area contributed by atoms with Crippen molar-refractivity contribution in [3.8, 4) is 5.06 Å². The Morgan fingerprint density at radius 3 is 2.88 bits per heavy atom. The molecular formula is C13H19NOS. The Bertz CT molecular complexity index is 358. The lowest BCUT2D eigenvalue weighted by Gasteiger charge is -2.34. The molecule has 2 heterocycles. The van der Waals surface area contributed by atoms with E-state index in [2.05, 4.69) is 18.3 Å². The van der Waals surface area contributed by atoms with Crippen molar-refractivity contribution in [1.82, 2.24) is 5.32 Å². The molecule has 1 saturated heterocycles. The molecular weight excluding hydrogens is 218 g/mol. The lowest BCUT2D eigenvalue weighted by molar-refractivity contribution is 0.0596. The molecule has 1 aliphatic carbocycles. The fourth-order valence-electron chi connectivity index (χ4n) is 2.65. The molecule has 16 heavy (non-hydrogen) atoms. The summed E-state index contributed by atoms with van der Waals surface area (Å²) in [6, 6.07) is 2.28. The number of rotatable bonds is 2. The molecule has 88 valence electrons. The highest BCUT2D eigenvalue weighted by atomic mass is 32.1. The van der Waals surface area contributed by atoms with Gasteiger partial charge in [0.05, 0.1) is 0 Å². The first-order valence-electron chi connectivity index (χ1n) is 6.27. The average Bonchev–Trinajstić information content (AvgIpc) is 2.78. The number of piperidine rings is 1. The molecule has 1 aliphatic heterocycles. The summed E-state index contributed by atoms with van der Waals surface area (Å²) in [5.74, 6) is 0. The third-order valence-corrected chi connectivity index (χ3v) is 4.85. The van der Waals surface area contributed by atoms with Gasteiger partial charge in [-0.3, -0.25) is 0 Å². The minimum atomic E-state index is 0.0594. The maximum Gasteiger partial charge on any atom is 0.175 e. The van der Waals surface area contributed by atoms with Crippen molar-refractivity contribution in [1.29, 1.82) is 0 Å². The molecule has 1 N–H and O–H groups in total. The van der Waals surface area contributed by atoms with Crippen molar-refractivity contribution < 1.29 is 4.74 Å². The molecule has 2 nitrogen and oxygen atoms in total. The average molecular weight is 237 g/mol. The molecule has 0 amide bonds. The Morgan fingerprint density at radius 2 is 2.12 bits per heavy atom. The molecule has 3 heteroatoms. The van der Waals surface area contributed by atoms with Gasteiger partial charge in [0.15, 0.2) is 5.06 Å². The van der Waals surface area contributed by atoms with Crippen molar-refractivity contribution >= 4 is 11.3 Å². The molecule has 0 radical (unpaired) electrons. The maximum absolute atomic E-state index is 6.22. The van der Waals surface area contributed by atoms with Crippen LogP contribution in [0.4, 0.5) is 0 Å². The van der Waals surface area contributed by atoms with Crippen LogP contribution in [-0.4, -0.2) is 18.7 Å². The van der Waals surface area contributed by atoms with Crippen LogP contribution in [0.15, 0.2) is 6.07 Å². The van der Waals surface area contributed by atoms with E-state index in [1.165, 1.54) is 24.8 Å². The maximum atomic E-state index is 6.22. The minimum absolute atomic E-state index is 0.0594. The van der Waals surface area contributed by atoms with E-state index < -0.39 is 0 Å². The molecule has 0 atom stereocenters. The van der Waals surface area contributed by atoms with Gasteiger partial charge < -0.3 is 10.1 Å². The van der Waals surface area contributed by atoms with Gasteiger partial charge in [-0.05, 0) is 63.7 Å². The number of ether oxygens (including phenoxy) is 1. The van der Waals surface area contributed by atoms with Gasteiger partial charge in [0, 0.05) is 4.88 Å². The predicted octanol–water partition coefficient (Wildman–Crippen LogP) is 2.76. The smallest absolute Gasteiger partial charge is 0.175 e. The summed E-state index contributed by atoms with van der Waals surface area (Å²) in [5.41, 5.74) is 1.60. The number of aryl methyl sites for hydroxylation is 2. The van der Waals surface area contributed by atoms with E-state index in [9.17, 15) is 0 Å². The predicted molar refractivity (Wildman–Crippen MR) is 67.5 cm³/mol. The molecule has 1 fully saturated rings. The summed E-state index contributed by atoms with van der Waals surface area (Å²) in [7, 11) is 0. The van der Waals surface area contributed by atoms with Gasteiger partial charge in [-0.25, -0.2) is 0 Å². The van der Waals surface area contributed by atoms with Crippen LogP contribution >= 0.6 is 11.3 Å². The summed E-state index contributed by atoms with van der Waals surface area (Å²) in [6.07, 6.45) is 6.10. The Balaban J connectivity index is 1.73. The van der Waals surface area contributed by atoms with Crippen LogP contribution in [0.3, 0.4) is 0 Å². The van der Waals surface area contributed by atoms with E-state index in [0.29, 0.717) is 0 Å². The molecule has 0 aromatic carbocycles. The molecule has 0 saturated carbocycles. The molecule has 1 aromatic rings. The van der Waals surface area contributed by atoms with Crippen molar-refractivity contribution in [3.05, 3.63) is 16.5 Å². The zero-order valence-electron chi connectivity index (χ0n) is 9.84. The van der Waals surface area contributed by atoms with E-state index in [-0.39, 0.29) is 5.60 Å². The number of hydrogen-bond acceptors (Lipinski definition) is 3. The quantitative estimate of drug-likeness (QED) is 0.854. The van der Waals surface area contributed by atoms with Crippen molar-refractivity contribution in [2.45, 2.75) is 44.6 Å². The molecule has 1 aromatic heterocycles. The number of hydrogen-bond donors (Lipinski definition) is 1. The summed E-state index contributed by atoms with van der Waals surface area (Å²) < 4.78 is 6.22. The zero-order valence-corrected chi connectivity index (χ0v) is 10.7. The standard InChI is InChI=1S/C13H19NOS/c1-13(5-7-14-8-6-13)15-12-9-10-3-2-4-11(10)16-12/h9,14H,2-8H2,1H3. The zero-order chi connectivity index (χ0) is 11.0. The van der Waals surface area contributed by atoms with Crippen LogP contribution in [0.1, 0.15) is 36.6 Å². The third kappa shape index (κ3) is 1.98. The second-order valence-electron chi connectivity index (χ2n) is 5.17. The number of thiophene rings is 1. The largest absolute Gasteiger partial charge is 0.478 e. The van der Waals surface area contributed by atoms with Gasteiger partial charge in [0.1, 0.15) is 5.60 Å². The fourth-order valence-corrected chi connectivity index (χ4v) is 3.88. The van der Waals surface area contributed by atoms with Gasteiger partial charge >= 0.3 is 0 Å². The molecule has 0 spiro atoms. The highest BCUT2D eigenvalue weighted by Crippen LogP contribution is 2.38. The Hall–Kier alpha value is -0.540. The van der Waals surface area contributed by atoms with Crippen LogP contribution in [0.5, 0.6) is 5.06 Å². The minimum Gasteiger partial charge on any atom is -0.478 e. The highest BCUT2D eigenvalue weighted by molar-refractivity contribution is 7.14. The van der Waals surface area contributed by atoms with E-state index in [1.807, 2.05) is 11.3 Å². The summed E-state index contributed by atoms with van der Waals surface area (Å²) >= 11 is 1.87. The second-order valence-corrected chi connectivity index (χ2v) is 6.27. The Labute approximate surface area is 101 Å². The lowest BCUT2D eigenvalue weighted by atomic mass is 9.95. The van der Waals surface area contributed by atoms with Gasteiger partial charge in [-0.15, -0.1) is 11.3 Å². The van der Waals surface area contributed by atoms with E-state index in [0.717, 1.165) is 31.0 Å². The second kappa shape index (κ2) is 4.04. The van der Waals surface area contributed by atoms with Crippen LogP contribution in [0, 0.1) is 0 Å². The summed E-state index contributed by atoms with van der Waals surface area (Å²) in [4.78, 5) is 1.56. The van der Waals surface area contributed by atoms with Crippen molar-refractivity contribution in [3.63, 3.8) is 0 Å². The normalized spacial score (nSPS) is 23.1. The number of nitrogens with one attached hydrogen (secondary N) is 1. The van der Waals surface area contributed by atoms with Crippen molar-refractivity contribution in [2.75, 3.05) is 13.1 Å². The van der Waals surface area contributed by atoms with Gasteiger partial charge in [-0.2, -0.15) is 0 Å². The van der Waals surface area contributed by atoms with Crippen LogP contribution < -0.4 is 10.1 Å².